The van der Waals surface area contributed by atoms with E-state index in [1.54, 1.807) is 30.3 Å². The van der Waals surface area contributed by atoms with Crippen molar-refractivity contribution >= 4 is 45.9 Å². The van der Waals surface area contributed by atoms with Gasteiger partial charge in [0.25, 0.3) is 0 Å². The number of benzene rings is 3. The molecule has 0 bridgehead atoms. The number of imide groups is 1. The highest BCUT2D eigenvalue weighted by molar-refractivity contribution is 6.31. The summed E-state index contributed by atoms with van der Waals surface area (Å²) in [5, 5.41) is 7.91. The number of ether oxygens (including phenoxy) is 2. The Kier molecular flexibility index (Phi) is 4.90. The summed E-state index contributed by atoms with van der Waals surface area (Å²) in [5.74, 6) is -1.51. The number of fused-ring (bicyclic) bond motifs is 6. The second-order valence-electron chi connectivity index (χ2n) is 10.7. The largest absolute Gasteiger partial charge is 0.454 e. The number of likely N-dealkylation sites (tertiary alicyclic amines) is 1. The number of rotatable bonds is 4. The van der Waals surface area contributed by atoms with Crippen molar-refractivity contribution in [2.75, 3.05) is 12.1 Å². The molecule has 200 valence electrons. The van der Waals surface area contributed by atoms with E-state index < -0.39 is 23.4 Å². The van der Waals surface area contributed by atoms with E-state index in [1.807, 2.05) is 36.5 Å². The first-order valence-electron chi connectivity index (χ1n) is 13.1. The molecule has 4 aromatic rings. The number of H-pyrrole nitrogens is 1. The van der Waals surface area contributed by atoms with Crippen molar-refractivity contribution in [2.24, 2.45) is 11.8 Å². The second kappa shape index (κ2) is 8.33. The number of aromatic nitrogens is 1. The van der Waals surface area contributed by atoms with Gasteiger partial charge in [0.1, 0.15) is 5.54 Å². The van der Waals surface area contributed by atoms with Gasteiger partial charge in [0.15, 0.2) is 11.5 Å². The molecule has 9 nitrogen and oxygen atoms in total. The van der Waals surface area contributed by atoms with Crippen LogP contribution in [0.25, 0.3) is 10.9 Å². The summed E-state index contributed by atoms with van der Waals surface area (Å²) < 4.78 is 10.9. The molecule has 0 saturated carbocycles. The predicted molar refractivity (Wildman–Crippen MR) is 146 cm³/mol. The first-order chi connectivity index (χ1) is 19.4. The summed E-state index contributed by atoms with van der Waals surface area (Å²) in [7, 11) is 0. The topological polar surface area (TPSA) is 113 Å². The van der Waals surface area contributed by atoms with Crippen LogP contribution in [0.2, 0.25) is 5.02 Å². The molecular formula is C30H23ClN4O5. The number of nitrogens with one attached hydrogen (secondary N) is 3. The van der Waals surface area contributed by atoms with E-state index in [1.165, 1.54) is 4.90 Å². The molecule has 0 aliphatic carbocycles. The number of hydrogen-bond acceptors (Lipinski definition) is 6. The van der Waals surface area contributed by atoms with Crippen molar-refractivity contribution in [2.45, 2.75) is 24.5 Å². The van der Waals surface area contributed by atoms with Crippen LogP contribution in [0, 0.1) is 11.8 Å². The van der Waals surface area contributed by atoms with Crippen molar-refractivity contribution in [1.82, 2.24) is 15.2 Å². The van der Waals surface area contributed by atoms with Gasteiger partial charge >= 0.3 is 0 Å². The Hall–Kier alpha value is -4.34. The monoisotopic (exact) mass is 554 g/mol. The summed E-state index contributed by atoms with van der Waals surface area (Å²) in [6.45, 7) is 0.201. The first-order valence-corrected chi connectivity index (χ1v) is 13.5. The lowest BCUT2D eigenvalue weighted by atomic mass is 9.76. The number of nitrogens with zero attached hydrogens (tertiary/aromatic N) is 1. The van der Waals surface area contributed by atoms with Gasteiger partial charge in [0.2, 0.25) is 24.5 Å². The van der Waals surface area contributed by atoms with Crippen molar-refractivity contribution in [1.29, 1.82) is 0 Å². The number of carbonyl (C=O) groups is 3. The van der Waals surface area contributed by atoms with Crippen molar-refractivity contribution in [3.63, 3.8) is 0 Å². The molecular weight excluding hydrogens is 532 g/mol. The highest BCUT2D eigenvalue weighted by Crippen LogP contribution is 2.54. The van der Waals surface area contributed by atoms with Crippen LogP contribution in [0.4, 0.5) is 5.69 Å². The van der Waals surface area contributed by atoms with E-state index in [4.69, 9.17) is 21.1 Å². The molecule has 3 N–H and O–H groups in total. The number of amides is 3. The lowest BCUT2D eigenvalue weighted by Crippen LogP contribution is -2.53. The van der Waals surface area contributed by atoms with E-state index in [-0.39, 0.29) is 31.1 Å². The smallest absolute Gasteiger partial charge is 0.250 e. The van der Waals surface area contributed by atoms with Gasteiger partial charge in [-0.1, -0.05) is 35.9 Å². The van der Waals surface area contributed by atoms with Crippen LogP contribution < -0.4 is 20.1 Å². The van der Waals surface area contributed by atoms with Gasteiger partial charge in [-0.05, 0) is 53.9 Å². The van der Waals surface area contributed by atoms with Gasteiger partial charge in [0, 0.05) is 39.4 Å². The zero-order chi connectivity index (χ0) is 27.2. The molecule has 4 aliphatic rings. The quantitative estimate of drug-likeness (QED) is 0.332. The molecule has 40 heavy (non-hydrogen) atoms. The maximum Gasteiger partial charge on any atom is 0.250 e. The Labute approximate surface area is 233 Å². The van der Waals surface area contributed by atoms with Crippen LogP contribution in [0.15, 0.2) is 66.9 Å². The third-order valence-corrected chi connectivity index (χ3v) is 8.90. The normalized spacial score (nSPS) is 26.2. The molecule has 3 amide bonds. The third-order valence-electron chi connectivity index (χ3n) is 8.66. The molecule has 1 spiro atoms. The summed E-state index contributed by atoms with van der Waals surface area (Å²) in [5.41, 5.74) is 2.48. The molecule has 5 heterocycles. The fourth-order valence-corrected chi connectivity index (χ4v) is 7.10. The standard InChI is InChI=1S/C30H23ClN4O5/c31-17-6-7-21-19(11-17)30(29(38)33-21)26-25(22(34-30)10-16-12-32-20-4-2-1-3-18(16)20)27(36)35(28(26)37)13-15-5-8-23-24(9-15)40-14-39-23/h1-9,11-12,22,25-26,32,34H,10,13-14H2,(H,33,38)/t22-,25+,26+,30+/m0/s1. The van der Waals surface area contributed by atoms with Gasteiger partial charge in [-0.2, -0.15) is 0 Å². The van der Waals surface area contributed by atoms with Crippen molar-refractivity contribution in [3.8, 4) is 11.5 Å². The number of halogens is 1. The fourth-order valence-electron chi connectivity index (χ4n) is 6.92. The average Bonchev–Trinajstić information content (AvgIpc) is 3.75. The summed E-state index contributed by atoms with van der Waals surface area (Å²) >= 11 is 6.38. The molecule has 2 saturated heterocycles. The minimum Gasteiger partial charge on any atom is -0.454 e. The lowest BCUT2D eigenvalue weighted by Gasteiger charge is -2.29. The number of para-hydroxylation sites is 1. The zero-order valence-electron chi connectivity index (χ0n) is 21.1. The van der Waals surface area contributed by atoms with Crippen molar-refractivity contribution < 1.29 is 23.9 Å². The van der Waals surface area contributed by atoms with Gasteiger partial charge in [-0.15, -0.1) is 0 Å². The van der Waals surface area contributed by atoms with Gasteiger partial charge < -0.3 is 19.8 Å². The minimum atomic E-state index is -1.42. The average molecular weight is 555 g/mol. The van der Waals surface area contributed by atoms with E-state index in [9.17, 15) is 14.4 Å². The highest BCUT2D eigenvalue weighted by atomic mass is 35.5. The molecule has 0 unspecified atom stereocenters. The van der Waals surface area contributed by atoms with Crippen LogP contribution in [0.5, 0.6) is 11.5 Å². The Morgan fingerprint density at radius 1 is 0.975 bits per heavy atom. The van der Waals surface area contributed by atoms with Crippen LogP contribution in [0.1, 0.15) is 16.7 Å². The molecule has 8 rings (SSSR count). The Morgan fingerprint density at radius 2 is 1.82 bits per heavy atom. The van der Waals surface area contributed by atoms with Crippen LogP contribution in [-0.2, 0) is 32.9 Å². The van der Waals surface area contributed by atoms with E-state index in [2.05, 4.69) is 15.6 Å². The lowest BCUT2D eigenvalue weighted by molar-refractivity contribution is -0.143. The van der Waals surface area contributed by atoms with E-state index in [0.29, 0.717) is 34.2 Å². The van der Waals surface area contributed by atoms with Gasteiger partial charge in [-0.3, -0.25) is 24.6 Å². The molecule has 4 atom stereocenters. The molecule has 3 aromatic carbocycles. The maximum absolute atomic E-state index is 14.2. The number of carbonyl (C=O) groups excluding carboxylic acids is 3. The Balaban J connectivity index is 1.22. The third kappa shape index (κ3) is 3.16. The van der Waals surface area contributed by atoms with Gasteiger partial charge in [0.05, 0.1) is 18.4 Å². The fraction of sp³-hybridized carbons (Fsp3) is 0.233. The molecule has 0 radical (unpaired) electrons. The van der Waals surface area contributed by atoms with E-state index >= 15 is 0 Å². The molecule has 2 fully saturated rings. The number of anilines is 1. The Bertz CT molecular complexity index is 1770. The van der Waals surface area contributed by atoms with Crippen LogP contribution in [-0.4, -0.2) is 40.4 Å². The van der Waals surface area contributed by atoms with Crippen LogP contribution >= 0.6 is 11.6 Å². The number of aromatic amines is 1. The Morgan fingerprint density at radius 3 is 2.73 bits per heavy atom. The molecule has 1 aromatic heterocycles. The van der Waals surface area contributed by atoms with Gasteiger partial charge in [-0.25, -0.2) is 0 Å². The predicted octanol–water partition coefficient (Wildman–Crippen LogP) is 3.71. The van der Waals surface area contributed by atoms with Crippen LogP contribution in [0.3, 0.4) is 0 Å². The van der Waals surface area contributed by atoms with Crippen molar-refractivity contribution in [3.05, 3.63) is 88.6 Å². The molecule has 4 aliphatic heterocycles. The summed E-state index contributed by atoms with van der Waals surface area (Å²) in [6, 6.07) is 18.0. The SMILES string of the molecule is O=C1[C@@H]2[C@H](Cc3c[nH]c4ccccc34)N[C@@]3(C(=O)Nc4ccc(Cl)cc43)[C@H]2C(=O)N1Cc1ccc2c(c1)OCO2. The zero-order valence-corrected chi connectivity index (χ0v) is 21.8. The first kappa shape index (κ1) is 23.5. The van der Waals surface area contributed by atoms with E-state index in [0.717, 1.165) is 22.0 Å². The number of hydrogen-bond donors (Lipinski definition) is 3. The maximum atomic E-state index is 14.2. The summed E-state index contributed by atoms with van der Waals surface area (Å²) in [4.78, 5) is 46.6. The highest BCUT2D eigenvalue weighted by Gasteiger charge is 2.70. The minimum absolute atomic E-state index is 0.0706. The molecule has 10 heteroatoms. The second-order valence-corrected chi connectivity index (χ2v) is 11.2. The summed E-state index contributed by atoms with van der Waals surface area (Å²) in [6.07, 6.45) is 2.38.